The molecule has 0 N–H and O–H groups in total. The highest BCUT2D eigenvalue weighted by atomic mass is 35.5. The Balaban J connectivity index is 2.49. The third-order valence-corrected chi connectivity index (χ3v) is 3.04. The van der Waals surface area contributed by atoms with E-state index < -0.39 is 12.8 Å². The van der Waals surface area contributed by atoms with Gasteiger partial charge < -0.3 is 14.4 Å². The molecule has 0 aliphatic heterocycles. The molecule has 1 aromatic rings. The lowest BCUT2D eigenvalue weighted by Crippen LogP contribution is -2.28. The van der Waals surface area contributed by atoms with Crippen molar-refractivity contribution in [1.82, 2.24) is 4.90 Å². The van der Waals surface area contributed by atoms with Crippen LogP contribution in [0.1, 0.15) is 12.0 Å². The predicted octanol–water partition coefficient (Wildman–Crippen LogP) is 3.28. The van der Waals surface area contributed by atoms with E-state index in [-0.39, 0.29) is 25.5 Å². The first-order valence-corrected chi connectivity index (χ1v) is 6.81. The Bertz CT molecular complexity index is 509. The largest absolute Gasteiger partial charge is 0.496 e. The molecule has 22 heavy (non-hydrogen) atoms. The maximum Gasteiger partial charge on any atom is 0.411 e. The number of carbonyl (C=O) groups is 1. The molecule has 4 nitrogen and oxygen atoms in total. The van der Waals surface area contributed by atoms with Gasteiger partial charge in [-0.25, -0.2) is 0 Å². The molecule has 0 fully saturated rings. The summed E-state index contributed by atoms with van der Waals surface area (Å²) in [7, 11) is 3.05. The fourth-order valence-electron chi connectivity index (χ4n) is 1.75. The van der Waals surface area contributed by atoms with Crippen molar-refractivity contribution in [3.05, 3.63) is 28.8 Å². The van der Waals surface area contributed by atoms with Gasteiger partial charge in [-0.15, -0.1) is 0 Å². The van der Waals surface area contributed by atoms with E-state index in [1.807, 2.05) is 0 Å². The molecule has 1 aromatic carbocycles. The van der Waals surface area contributed by atoms with Crippen molar-refractivity contribution in [1.29, 1.82) is 0 Å². The van der Waals surface area contributed by atoms with Gasteiger partial charge in [0.1, 0.15) is 12.4 Å². The molecule has 0 aliphatic carbocycles. The van der Waals surface area contributed by atoms with Gasteiger partial charge in [-0.05, 0) is 18.2 Å². The SMILES string of the molecule is COc1ccc(Cl)cc1CN(C)C(=O)CCOCC(F)(F)F. The summed E-state index contributed by atoms with van der Waals surface area (Å²) in [5, 5.41) is 0.505. The first-order valence-electron chi connectivity index (χ1n) is 6.44. The number of alkyl halides is 3. The van der Waals surface area contributed by atoms with Crippen LogP contribution in [0.2, 0.25) is 5.02 Å². The van der Waals surface area contributed by atoms with E-state index in [9.17, 15) is 18.0 Å². The van der Waals surface area contributed by atoms with Crippen molar-refractivity contribution >= 4 is 17.5 Å². The molecule has 124 valence electrons. The Kier molecular flexibility index (Phi) is 6.96. The summed E-state index contributed by atoms with van der Waals surface area (Å²) in [6.07, 6.45) is -4.52. The molecule has 1 amide bonds. The fraction of sp³-hybridized carbons (Fsp3) is 0.500. The molecule has 0 bridgehead atoms. The molecule has 0 saturated heterocycles. The van der Waals surface area contributed by atoms with Gasteiger partial charge in [-0.3, -0.25) is 4.79 Å². The van der Waals surface area contributed by atoms with E-state index >= 15 is 0 Å². The Morgan fingerprint density at radius 3 is 2.64 bits per heavy atom. The number of benzene rings is 1. The van der Waals surface area contributed by atoms with Crippen LogP contribution in [0.25, 0.3) is 0 Å². The number of hydrogen-bond acceptors (Lipinski definition) is 3. The number of halogens is 4. The highest BCUT2D eigenvalue weighted by Gasteiger charge is 2.27. The summed E-state index contributed by atoms with van der Waals surface area (Å²) in [6, 6.07) is 5.02. The van der Waals surface area contributed by atoms with Crippen LogP contribution in [-0.4, -0.2) is 44.4 Å². The minimum atomic E-state index is -4.39. The Morgan fingerprint density at radius 1 is 1.36 bits per heavy atom. The van der Waals surface area contributed by atoms with Crippen LogP contribution in [0.4, 0.5) is 13.2 Å². The molecule has 8 heteroatoms. The molecule has 0 aliphatic rings. The number of amides is 1. The van der Waals surface area contributed by atoms with Gasteiger partial charge in [0.2, 0.25) is 5.91 Å². The summed E-state index contributed by atoms with van der Waals surface area (Å²) in [4.78, 5) is 13.2. The minimum absolute atomic E-state index is 0.130. The van der Waals surface area contributed by atoms with Gasteiger partial charge in [-0.2, -0.15) is 13.2 Å². The van der Waals surface area contributed by atoms with Crippen molar-refractivity contribution in [3.8, 4) is 5.75 Å². The van der Waals surface area contributed by atoms with E-state index in [1.165, 1.54) is 12.0 Å². The highest BCUT2D eigenvalue weighted by Crippen LogP contribution is 2.24. The van der Waals surface area contributed by atoms with Crippen molar-refractivity contribution in [2.24, 2.45) is 0 Å². The monoisotopic (exact) mass is 339 g/mol. The van der Waals surface area contributed by atoms with Crippen molar-refractivity contribution in [2.45, 2.75) is 19.1 Å². The molecule has 0 radical (unpaired) electrons. The lowest BCUT2D eigenvalue weighted by Gasteiger charge is -2.19. The quantitative estimate of drug-likeness (QED) is 0.716. The summed E-state index contributed by atoms with van der Waals surface area (Å²) in [5.41, 5.74) is 0.710. The van der Waals surface area contributed by atoms with E-state index in [1.54, 1.807) is 25.2 Å². The van der Waals surface area contributed by atoms with Crippen LogP contribution in [0, 0.1) is 0 Å². The van der Waals surface area contributed by atoms with Gasteiger partial charge in [0.15, 0.2) is 0 Å². The zero-order valence-corrected chi connectivity index (χ0v) is 13.0. The number of carbonyl (C=O) groups excluding carboxylic acids is 1. The van der Waals surface area contributed by atoms with Crippen LogP contribution in [0.5, 0.6) is 5.75 Å². The zero-order valence-electron chi connectivity index (χ0n) is 12.2. The van der Waals surface area contributed by atoms with E-state index in [2.05, 4.69) is 4.74 Å². The van der Waals surface area contributed by atoms with Gasteiger partial charge in [0.05, 0.1) is 20.1 Å². The normalized spacial score (nSPS) is 11.4. The molecule has 0 spiro atoms. The van der Waals surface area contributed by atoms with Crippen molar-refractivity contribution in [2.75, 3.05) is 27.4 Å². The lowest BCUT2D eigenvalue weighted by atomic mass is 10.2. The Morgan fingerprint density at radius 2 is 2.05 bits per heavy atom. The van der Waals surface area contributed by atoms with E-state index in [4.69, 9.17) is 16.3 Å². The van der Waals surface area contributed by atoms with Crippen molar-refractivity contribution < 1.29 is 27.4 Å². The smallest absolute Gasteiger partial charge is 0.411 e. The second kappa shape index (κ2) is 8.24. The molecule has 1 rings (SSSR count). The number of rotatable bonds is 7. The van der Waals surface area contributed by atoms with Gasteiger partial charge in [0, 0.05) is 24.2 Å². The zero-order chi connectivity index (χ0) is 16.8. The second-order valence-electron chi connectivity index (χ2n) is 4.62. The summed E-state index contributed by atoms with van der Waals surface area (Å²) >= 11 is 5.90. The molecular weight excluding hydrogens is 323 g/mol. The minimum Gasteiger partial charge on any atom is -0.496 e. The molecule has 0 atom stereocenters. The third kappa shape index (κ3) is 6.53. The fourth-order valence-corrected chi connectivity index (χ4v) is 1.95. The summed E-state index contributed by atoms with van der Waals surface area (Å²) < 4.78 is 45.3. The van der Waals surface area contributed by atoms with Crippen LogP contribution >= 0.6 is 11.6 Å². The number of ether oxygens (including phenoxy) is 2. The maximum absolute atomic E-state index is 11.9. The highest BCUT2D eigenvalue weighted by molar-refractivity contribution is 6.30. The third-order valence-electron chi connectivity index (χ3n) is 2.80. The predicted molar refractivity (Wildman–Crippen MR) is 76.0 cm³/mol. The average molecular weight is 340 g/mol. The maximum atomic E-state index is 11.9. The molecule has 0 saturated carbocycles. The van der Waals surface area contributed by atoms with Crippen LogP contribution in [0.15, 0.2) is 18.2 Å². The molecular formula is C14H17ClF3NO3. The Labute approximate surface area is 131 Å². The number of hydrogen-bond donors (Lipinski definition) is 0. The van der Waals surface area contributed by atoms with Crippen LogP contribution in [-0.2, 0) is 16.1 Å². The molecule has 0 unspecified atom stereocenters. The first-order chi connectivity index (χ1) is 10.2. The topological polar surface area (TPSA) is 38.8 Å². The van der Waals surface area contributed by atoms with Gasteiger partial charge in [0.25, 0.3) is 0 Å². The van der Waals surface area contributed by atoms with Crippen molar-refractivity contribution in [3.63, 3.8) is 0 Å². The number of methoxy groups -OCH3 is 1. The van der Waals surface area contributed by atoms with Crippen LogP contribution < -0.4 is 4.74 Å². The lowest BCUT2D eigenvalue weighted by molar-refractivity contribution is -0.175. The van der Waals surface area contributed by atoms with E-state index in [0.717, 1.165) is 0 Å². The molecule has 0 aromatic heterocycles. The second-order valence-corrected chi connectivity index (χ2v) is 5.06. The van der Waals surface area contributed by atoms with E-state index in [0.29, 0.717) is 16.3 Å². The van der Waals surface area contributed by atoms with Crippen LogP contribution in [0.3, 0.4) is 0 Å². The molecule has 0 heterocycles. The van der Waals surface area contributed by atoms with Gasteiger partial charge in [-0.1, -0.05) is 11.6 Å². The number of nitrogens with zero attached hydrogens (tertiary/aromatic N) is 1. The van der Waals surface area contributed by atoms with Gasteiger partial charge >= 0.3 is 6.18 Å². The summed E-state index contributed by atoms with van der Waals surface area (Å²) in [6.45, 7) is -1.40. The summed E-state index contributed by atoms with van der Waals surface area (Å²) in [5.74, 6) is 0.251. The Hall–Kier alpha value is -1.47. The first kappa shape index (κ1) is 18.6. The standard InChI is InChI=1S/C14H17ClF3NO3/c1-19(13(20)5-6-22-9-14(16,17)18)8-10-7-11(15)3-4-12(10)21-2/h3-4,7H,5-6,8-9H2,1-2H3. The average Bonchev–Trinajstić information content (AvgIpc) is 2.42.